The summed E-state index contributed by atoms with van der Waals surface area (Å²) in [6, 6.07) is 0. The Morgan fingerprint density at radius 1 is 1.34 bits per heavy atom. The van der Waals surface area contributed by atoms with Crippen molar-refractivity contribution >= 4 is 17.9 Å². The number of aliphatic hydroxyl groups excluding tert-OH is 1. The lowest BCUT2D eigenvalue weighted by Gasteiger charge is -2.63. The summed E-state index contributed by atoms with van der Waals surface area (Å²) in [7, 11) is 0. The number of allylic oxidation sites excluding steroid dienone is 1. The average Bonchev–Trinajstić information content (AvgIpc) is 3.45. The minimum absolute atomic E-state index is 0.0358. The van der Waals surface area contributed by atoms with Crippen LogP contribution in [0.1, 0.15) is 66.7 Å². The van der Waals surface area contributed by atoms with Crippen LogP contribution in [0.25, 0.3) is 0 Å². The van der Waals surface area contributed by atoms with Crippen LogP contribution in [0.4, 0.5) is 0 Å². The minimum atomic E-state index is -0.831. The van der Waals surface area contributed by atoms with Crippen molar-refractivity contribution < 1.29 is 38.4 Å². The predicted octanol–water partition coefficient (Wildman–Crippen LogP) is 3.26. The SMILES string of the molecule is CC=C(C)C(=O)OC[C@@]12[C@@H](OC(C)=O)C[C@@H](C)[C@](C)(C[C@H](O)C3=CC(=O)OC3)[C@H]1CCC[C@]21CO1. The van der Waals surface area contributed by atoms with E-state index in [9.17, 15) is 19.5 Å². The van der Waals surface area contributed by atoms with Gasteiger partial charge in [-0.25, -0.2) is 9.59 Å². The number of cyclic esters (lactones) is 1. The van der Waals surface area contributed by atoms with Crippen molar-refractivity contribution in [2.24, 2.45) is 22.7 Å². The Hall–Kier alpha value is -2.19. The Morgan fingerprint density at radius 2 is 2.06 bits per heavy atom. The van der Waals surface area contributed by atoms with Crippen LogP contribution in [0, 0.1) is 22.7 Å². The highest BCUT2D eigenvalue weighted by molar-refractivity contribution is 5.87. The highest BCUT2D eigenvalue weighted by Gasteiger charge is 2.75. The largest absolute Gasteiger partial charge is 0.462 e. The van der Waals surface area contributed by atoms with E-state index in [-0.39, 0.29) is 36.4 Å². The summed E-state index contributed by atoms with van der Waals surface area (Å²) in [5.74, 6) is -1.13. The number of esters is 3. The molecule has 0 unspecified atom stereocenters. The number of ether oxygens (including phenoxy) is 4. The van der Waals surface area contributed by atoms with Gasteiger partial charge in [0, 0.05) is 24.1 Å². The maximum atomic E-state index is 12.7. The van der Waals surface area contributed by atoms with Gasteiger partial charge in [0.05, 0.1) is 18.1 Å². The van der Waals surface area contributed by atoms with Gasteiger partial charge in [0.15, 0.2) is 0 Å². The smallest absolute Gasteiger partial charge is 0.333 e. The van der Waals surface area contributed by atoms with Gasteiger partial charge in [-0.05, 0) is 56.8 Å². The summed E-state index contributed by atoms with van der Waals surface area (Å²) >= 11 is 0. The van der Waals surface area contributed by atoms with Gasteiger partial charge < -0.3 is 24.1 Å². The summed E-state index contributed by atoms with van der Waals surface area (Å²) in [5.41, 5.74) is -0.539. The second kappa shape index (κ2) is 9.36. The Bertz CT molecular complexity index is 947. The summed E-state index contributed by atoms with van der Waals surface area (Å²) in [6.07, 6.45) is 5.37. The van der Waals surface area contributed by atoms with E-state index in [2.05, 4.69) is 13.8 Å². The molecule has 1 N–H and O–H groups in total. The third-order valence-electron chi connectivity index (χ3n) is 9.35. The molecule has 4 aliphatic rings. The van der Waals surface area contributed by atoms with E-state index >= 15 is 0 Å². The number of hydrogen-bond acceptors (Lipinski definition) is 8. The van der Waals surface area contributed by atoms with Gasteiger partial charge in [-0.3, -0.25) is 4.79 Å². The monoisotopic (exact) mass is 490 g/mol. The lowest BCUT2D eigenvalue weighted by Crippen LogP contribution is -2.67. The van der Waals surface area contributed by atoms with Crippen molar-refractivity contribution in [1.82, 2.24) is 0 Å². The fourth-order valence-corrected chi connectivity index (χ4v) is 7.05. The van der Waals surface area contributed by atoms with Crippen molar-refractivity contribution in [3.8, 4) is 0 Å². The molecule has 8 nitrogen and oxygen atoms in total. The molecule has 0 aromatic rings. The number of rotatable bonds is 7. The van der Waals surface area contributed by atoms with Crippen molar-refractivity contribution in [3.05, 3.63) is 23.3 Å². The van der Waals surface area contributed by atoms with E-state index in [4.69, 9.17) is 18.9 Å². The fraction of sp³-hybridized carbons (Fsp3) is 0.741. The molecule has 0 bridgehead atoms. The molecule has 3 fully saturated rings. The number of hydrogen-bond donors (Lipinski definition) is 1. The molecule has 2 saturated carbocycles. The van der Waals surface area contributed by atoms with Crippen molar-refractivity contribution in [3.63, 3.8) is 0 Å². The van der Waals surface area contributed by atoms with Gasteiger partial charge in [-0.15, -0.1) is 0 Å². The van der Waals surface area contributed by atoms with Crippen LogP contribution in [-0.4, -0.2) is 60.6 Å². The average molecular weight is 491 g/mol. The number of fused-ring (bicyclic) bond motifs is 2. The zero-order valence-electron chi connectivity index (χ0n) is 21.4. The molecule has 0 aromatic heterocycles. The molecule has 0 radical (unpaired) electrons. The second-order valence-electron chi connectivity index (χ2n) is 11.1. The summed E-state index contributed by atoms with van der Waals surface area (Å²) in [4.78, 5) is 36.6. The van der Waals surface area contributed by atoms with Crippen LogP contribution in [0.3, 0.4) is 0 Å². The lowest BCUT2D eigenvalue weighted by atomic mass is 9.42. The maximum absolute atomic E-state index is 12.7. The zero-order chi connectivity index (χ0) is 25.6. The predicted molar refractivity (Wildman–Crippen MR) is 126 cm³/mol. The molecule has 2 aliphatic heterocycles. The van der Waals surface area contributed by atoms with Crippen LogP contribution >= 0.6 is 0 Å². The highest BCUT2D eigenvalue weighted by Crippen LogP contribution is 2.69. The van der Waals surface area contributed by atoms with Gasteiger partial charge in [0.1, 0.15) is 24.9 Å². The third kappa shape index (κ3) is 4.33. The first-order chi connectivity index (χ1) is 16.5. The molecule has 2 aliphatic carbocycles. The van der Waals surface area contributed by atoms with E-state index in [0.29, 0.717) is 30.6 Å². The summed E-state index contributed by atoms with van der Waals surface area (Å²) in [6.45, 7) is 9.93. The third-order valence-corrected chi connectivity index (χ3v) is 9.35. The van der Waals surface area contributed by atoms with E-state index in [1.54, 1.807) is 19.9 Å². The van der Waals surface area contributed by atoms with Crippen LogP contribution < -0.4 is 0 Å². The number of epoxide rings is 1. The normalized spacial score (nSPS) is 39.4. The first-order valence-electron chi connectivity index (χ1n) is 12.7. The molecule has 7 atom stereocenters. The standard InChI is InChI=1S/C27H38O8/c1-6-16(2)24(31)33-15-27-21(8-7-9-26(27)14-34-26)25(5,17(3)10-22(27)35-18(4)28)12-20(29)19-11-23(30)32-13-19/h6,11,17,20-22,29H,7-10,12-15H2,1-5H3/t17-,20+,21-,22+,25+,26+,27+/m1/s1. The molecular weight excluding hydrogens is 452 g/mol. The minimum Gasteiger partial charge on any atom is -0.462 e. The van der Waals surface area contributed by atoms with Gasteiger partial charge in [0.2, 0.25) is 0 Å². The molecule has 35 heavy (non-hydrogen) atoms. The van der Waals surface area contributed by atoms with Gasteiger partial charge in [0.25, 0.3) is 0 Å². The fourth-order valence-electron chi connectivity index (χ4n) is 7.05. The van der Waals surface area contributed by atoms with Crippen molar-refractivity contribution in [2.75, 3.05) is 19.8 Å². The molecule has 1 saturated heterocycles. The van der Waals surface area contributed by atoms with E-state index < -0.39 is 35.2 Å². The molecule has 194 valence electrons. The lowest BCUT2D eigenvalue weighted by molar-refractivity contribution is -0.231. The first kappa shape index (κ1) is 25.9. The molecule has 0 amide bonds. The molecule has 4 rings (SSSR count). The number of carbonyl (C=O) groups is 3. The van der Waals surface area contributed by atoms with Crippen molar-refractivity contribution in [1.29, 1.82) is 0 Å². The van der Waals surface area contributed by atoms with Crippen LogP contribution in [-0.2, 0) is 33.3 Å². The van der Waals surface area contributed by atoms with Gasteiger partial charge in [-0.1, -0.05) is 26.3 Å². The Morgan fingerprint density at radius 3 is 2.63 bits per heavy atom. The van der Waals surface area contributed by atoms with E-state index in [1.165, 1.54) is 13.0 Å². The topological polar surface area (TPSA) is 112 Å². The van der Waals surface area contributed by atoms with Crippen LogP contribution in [0.5, 0.6) is 0 Å². The molecule has 8 heteroatoms. The van der Waals surface area contributed by atoms with Gasteiger partial charge in [-0.2, -0.15) is 0 Å². The molecule has 0 aromatic carbocycles. The molecule has 2 heterocycles. The Balaban J connectivity index is 1.74. The highest BCUT2D eigenvalue weighted by atomic mass is 16.6. The summed E-state index contributed by atoms with van der Waals surface area (Å²) in [5, 5.41) is 11.1. The quantitative estimate of drug-likeness (QED) is 0.251. The first-order valence-corrected chi connectivity index (χ1v) is 12.7. The molecule has 1 spiro atoms. The Kier molecular flexibility index (Phi) is 6.92. The van der Waals surface area contributed by atoms with Crippen molar-refractivity contribution in [2.45, 2.75) is 84.5 Å². The zero-order valence-corrected chi connectivity index (χ0v) is 21.4. The summed E-state index contributed by atoms with van der Waals surface area (Å²) < 4.78 is 23.1. The van der Waals surface area contributed by atoms with Gasteiger partial charge >= 0.3 is 17.9 Å². The van der Waals surface area contributed by atoms with Crippen LogP contribution in [0.15, 0.2) is 23.3 Å². The molecular formula is C27H38O8. The second-order valence-corrected chi connectivity index (χ2v) is 11.1. The number of aliphatic hydroxyl groups is 1. The van der Waals surface area contributed by atoms with Crippen LogP contribution in [0.2, 0.25) is 0 Å². The Labute approximate surface area is 207 Å². The van der Waals surface area contributed by atoms with E-state index in [1.807, 2.05) is 0 Å². The van der Waals surface area contributed by atoms with E-state index in [0.717, 1.165) is 19.3 Å². The number of carbonyl (C=O) groups excluding carboxylic acids is 3. The maximum Gasteiger partial charge on any atom is 0.333 e.